The van der Waals surface area contributed by atoms with Crippen LogP contribution in [0, 0.1) is 5.92 Å². The summed E-state index contributed by atoms with van der Waals surface area (Å²) in [5.41, 5.74) is 1.20. The maximum atomic E-state index is 5.49. The fraction of sp³-hybridized carbons (Fsp3) is 0.632. The lowest BCUT2D eigenvalue weighted by atomic mass is 10.1. The molecule has 2 N–H and O–H groups in total. The van der Waals surface area contributed by atoms with Crippen molar-refractivity contribution in [3.8, 4) is 5.75 Å². The van der Waals surface area contributed by atoms with Gasteiger partial charge in [0.05, 0.1) is 12.8 Å². The maximum Gasteiger partial charge on any atom is 0.191 e. The molecule has 134 valence electrons. The minimum atomic E-state index is 0.0140. The lowest BCUT2D eigenvalue weighted by molar-refractivity contribution is 0.414. The van der Waals surface area contributed by atoms with Gasteiger partial charge < -0.3 is 20.3 Å². The van der Waals surface area contributed by atoms with E-state index in [1.165, 1.54) is 5.69 Å². The molecule has 1 aromatic rings. The highest BCUT2D eigenvalue weighted by Crippen LogP contribution is 2.31. The van der Waals surface area contributed by atoms with Crippen LogP contribution in [0.2, 0.25) is 0 Å². The van der Waals surface area contributed by atoms with Crippen LogP contribution in [-0.4, -0.2) is 44.8 Å². The van der Waals surface area contributed by atoms with E-state index in [1.54, 1.807) is 7.11 Å². The smallest absolute Gasteiger partial charge is 0.191 e. The summed E-state index contributed by atoms with van der Waals surface area (Å²) < 4.78 is 5.49. The molecule has 0 spiro atoms. The Labute approximate surface area is 146 Å². The van der Waals surface area contributed by atoms with E-state index in [1.807, 2.05) is 12.1 Å². The fourth-order valence-electron chi connectivity index (χ4n) is 2.97. The minimum Gasteiger partial charge on any atom is -0.495 e. The first-order chi connectivity index (χ1) is 11.4. The third-order valence-corrected chi connectivity index (χ3v) is 4.06. The van der Waals surface area contributed by atoms with Gasteiger partial charge in [-0.05, 0) is 52.2 Å². The molecule has 1 heterocycles. The summed E-state index contributed by atoms with van der Waals surface area (Å²) in [4.78, 5) is 7.19. The molecule has 1 saturated heterocycles. The number of guanidine groups is 1. The van der Waals surface area contributed by atoms with Crippen molar-refractivity contribution in [1.29, 1.82) is 0 Å². The predicted octanol–water partition coefficient (Wildman–Crippen LogP) is 2.88. The second kappa shape index (κ2) is 8.27. The molecule has 0 saturated carbocycles. The number of rotatable bonds is 5. The predicted molar refractivity (Wildman–Crippen MR) is 102 cm³/mol. The lowest BCUT2D eigenvalue weighted by Crippen LogP contribution is -2.47. The maximum absolute atomic E-state index is 5.49. The first-order valence-corrected chi connectivity index (χ1v) is 8.87. The van der Waals surface area contributed by atoms with Gasteiger partial charge in [0.15, 0.2) is 5.96 Å². The molecule has 1 aromatic carbocycles. The van der Waals surface area contributed by atoms with Crippen molar-refractivity contribution in [3.63, 3.8) is 0 Å². The van der Waals surface area contributed by atoms with Crippen LogP contribution < -0.4 is 20.3 Å². The highest BCUT2D eigenvalue weighted by Gasteiger charge is 2.24. The molecule has 24 heavy (non-hydrogen) atoms. The second-order valence-corrected chi connectivity index (χ2v) is 7.37. The summed E-state index contributed by atoms with van der Waals surface area (Å²) in [5.74, 6) is 2.43. The highest BCUT2D eigenvalue weighted by atomic mass is 16.5. The van der Waals surface area contributed by atoms with Gasteiger partial charge in [0.2, 0.25) is 0 Å². The molecule has 1 aliphatic heterocycles. The molecule has 1 atom stereocenters. The van der Waals surface area contributed by atoms with Gasteiger partial charge in [-0.25, -0.2) is 0 Å². The van der Waals surface area contributed by atoms with Gasteiger partial charge in [-0.3, -0.25) is 4.99 Å². The van der Waals surface area contributed by atoms with Crippen LogP contribution in [0.25, 0.3) is 0 Å². The zero-order chi connectivity index (χ0) is 17.6. The Balaban J connectivity index is 1.96. The van der Waals surface area contributed by atoms with Gasteiger partial charge in [0, 0.05) is 31.7 Å². The SMILES string of the molecule is CCNC(=NCC1CCN(c2ccccc2OC)C1)NC(C)(C)C. The van der Waals surface area contributed by atoms with Crippen molar-refractivity contribution in [3.05, 3.63) is 24.3 Å². The van der Waals surface area contributed by atoms with Gasteiger partial charge in [-0.2, -0.15) is 0 Å². The number of nitrogens with zero attached hydrogens (tertiary/aromatic N) is 2. The lowest BCUT2D eigenvalue weighted by Gasteiger charge is -2.24. The number of benzene rings is 1. The van der Waals surface area contributed by atoms with Crippen LogP contribution in [0.1, 0.15) is 34.1 Å². The van der Waals surface area contributed by atoms with E-state index in [0.29, 0.717) is 5.92 Å². The zero-order valence-electron chi connectivity index (χ0n) is 15.7. The first-order valence-electron chi connectivity index (χ1n) is 8.87. The average Bonchev–Trinajstić information content (AvgIpc) is 3.00. The van der Waals surface area contributed by atoms with Crippen molar-refractivity contribution in [1.82, 2.24) is 10.6 Å². The molecule has 0 bridgehead atoms. The quantitative estimate of drug-likeness (QED) is 0.643. The van der Waals surface area contributed by atoms with Crippen LogP contribution in [0.3, 0.4) is 0 Å². The molecular formula is C19H32N4O. The molecule has 1 aliphatic rings. The first kappa shape index (κ1) is 18.4. The summed E-state index contributed by atoms with van der Waals surface area (Å²) in [6.07, 6.45) is 1.16. The van der Waals surface area contributed by atoms with Gasteiger partial charge in [-0.15, -0.1) is 0 Å². The Morgan fingerprint density at radius 1 is 1.33 bits per heavy atom. The van der Waals surface area contributed by atoms with E-state index in [2.05, 4.69) is 55.4 Å². The third kappa shape index (κ3) is 5.32. The van der Waals surface area contributed by atoms with Crippen molar-refractivity contribution in [2.24, 2.45) is 10.9 Å². The number of aliphatic imine (C=N–C) groups is 1. The molecular weight excluding hydrogens is 300 g/mol. The molecule has 5 nitrogen and oxygen atoms in total. The van der Waals surface area contributed by atoms with E-state index >= 15 is 0 Å². The van der Waals surface area contributed by atoms with Crippen LogP contribution in [-0.2, 0) is 0 Å². The summed E-state index contributed by atoms with van der Waals surface area (Å²) in [7, 11) is 1.73. The highest BCUT2D eigenvalue weighted by molar-refractivity contribution is 5.80. The summed E-state index contributed by atoms with van der Waals surface area (Å²) >= 11 is 0. The van der Waals surface area contributed by atoms with E-state index in [9.17, 15) is 0 Å². The molecule has 1 fully saturated rings. The molecule has 1 unspecified atom stereocenters. The number of hydrogen-bond acceptors (Lipinski definition) is 3. The topological polar surface area (TPSA) is 48.9 Å². The summed E-state index contributed by atoms with van der Waals surface area (Å²) in [5, 5.41) is 6.78. The van der Waals surface area contributed by atoms with Crippen molar-refractivity contribution >= 4 is 11.6 Å². The van der Waals surface area contributed by atoms with Gasteiger partial charge in [-0.1, -0.05) is 12.1 Å². The Hall–Kier alpha value is -1.91. The summed E-state index contributed by atoms with van der Waals surface area (Å²) in [6, 6.07) is 8.24. The Bertz CT molecular complexity index is 551. The van der Waals surface area contributed by atoms with Crippen molar-refractivity contribution in [2.75, 3.05) is 38.2 Å². The Morgan fingerprint density at radius 3 is 2.75 bits per heavy atom. The largest absolute Gasteiger partial charge is 0.495 e. The van der Waals surface area contributed by atoms with Crippen LogP contribution >= 0.6 is 0 Å². The monoisotopic (exact) mass is 332 g/mol. The molecule has 0 radical (unpaired) electrons. The van der Waals surface area contributed by atoms with Gasteiger partial charge in [0.1, 0.15) is 5.75 Å². The number of ether oxygens (including phenoxy) is 1. The molecule has 5 heteroatoms. The standard InChI is InChI=1S/C19H32N4O/c1-6-20-18(22-19(2,3)4)21-13-15-11-12-23(14-15)16-9-7-8-10-17(16)24-5/h7-10,15H,6,11-14H2,1-5H3,(H2,20,21,22). The number of anilines is 1. The van der Waals surface area contributed by atoms with E-state index in [0.717, 1.165) is 44.3 Å². The third-order valence-electron chi connectivity index (χ3n) is 4.06. The number of methoxy groups -OCH3 is 1. The summed E-state index contributed by atoms with van der Waals surface area (Å²) in [6.45, 7) is 12.4. The van der Waals surface area contributed by atoms with Crippen LogP contribution in [0.15, 0.2) is 29.3 Å². The Kier molecular flexibility index (Phi) is 6.35. The van der Waals surface area contributed by atoms with Crippen LogP contribution in [0.5, 0.6) is 5.75 Å². The van der Waals surface area contributed by atoms with E-state index < -0.39 is 0 Å². The number of hydrogen-bond donors (Lipinski definition) is 2. The zero-order valence-corrected chi connectivity index (χ0v) is 15.7. The molecule has 2 rings (SSSR count). The van der Waals surface area contributed by atoms with E-state index in [-0.39, 0.29) is 5.54 Å². The Morgan fingerprint density at radius 2 is 2.08 bits per heavy atom. The molecule has 0 aromatic heterocycles. The van der Waals surface area contributed by atoms with Crippen LogP contribution in [0.4, 0.5) is 5.69 Å². The number of para-hydroxylation sites is 2. The van der Waals surface area contributed by atoms with Gasteiger partial charge in [0.25, 0.3) is 0 Å². The van der Waals surface area contributed by atoms with Gasteiger partial charge >= 0.3 is 0 Å². The molecule has 0 amide bonds. The molecule has 0 aliphatic carbocycles. The normalized spacial score (nSPS) is 18.6. The number of nitrogens with one attached hydrogen (secondary N) is 2. The van der Waals surface area contributed by atoms with Crippen molar-refractivity contribution in [2.45, 2.75) is 39.7 Å². The van der Waals surface area contributed by atoms with Crippen molar-refractivity contribution < 1.29 is 4.74 Å². The second-order valence-electron chi connectivity index (χ2n) is 7.37. The fourth-order valence-corrected chi connectivity index (χ4v) is 2.97. The minimum absolute atomic E-state index is 0.0140. The average molecular weight is 332 g/mol. The van der Waals surface area contributed by atoms with E-state index in [4.69, 9.17) is 9.73 Å².